The van der Waals surface area contributed by atoms with E-state index in [1.54, 1.807) is 12.4 Å². The molecule has 0 aliphatic carbocycles. The minimum Gasteiger partial charge on any atom is -0.382 e. The number of aryl methyl sites for hydroxylation is 12. The second-order valence-corrected chi connectivity index (χ2v) is 36.1. The molecule has 0 amide bonds. The molecule has 16 rings (SSSR count). The van der Waals surface area contributed by atoms with Crippen LogP contribution in [-0.2, 0) is 0 Å². The highest BCUT2D eigenvalue weighted by Gasteiger charge is 2.15. The van der Waals surface area contributed by atoms with Gasteiger partial charge in [-0.2, -0.15) is 10.2 Å². The molecule has 0 fully saturated rings. The third-order valence-corrected chi connectivity index (χ3v) is 23.5. The molecule has 139 heavy (non-hydrogen) atoms. The smallest absolute Gasteiger partial charge is 0.234 e. The first kappa shape index (κ1) is 112. The number of benzene rings is 7. The Morgan fingerprint density at radius 1 is 0.302 bits per heavy atom. The second-order valence-electron chi connectivity index (χ2n) is 33.8. The Morgan fingerprint density at radius 2 is 0.647 bits per heavy atom. The fourth-order valence-electron chi connectivity index (χ4n) is 12.5. The van der Waals surface area contributed by atoms with E-state index >= 15 is 0 Å². The van der Waals surface area contributed by atoms with Gasteiger partial charge in [-0.15, -0.1) is 5.10 Å². The standard InChI is InChI=1S/3C16H18N4.4C10H12BrNO.3C6H9N3/c1-11-9-20-10-15(18-16(20)12(2)17-11)13-5-7-14(8-6-13)19(3)4;1-11-9-20-10-15(18-16(20)17-12(11)2)13-5-7-14(8-6-13)19(3)4;1-11-9-16-17-15(10-20(16)18-12(11)2)13-5-7-14(8-6-13)19(3)4;4*1-12(2)9-5-3-8(4-6-9)10(13)7-11;1-4-3-8-6(7)5(2)9-4;1-4-3-8-6(7)9-5(4)2;1-4-3-6(7)9-8-5(4)2/h3*5-10H,1-4H3;4*3-6H,7H2,1-2H3;3H,1-2H3,(H2,7,8);3H,1-2H3,(H2,7,8,9);3H,1-2H3,(H2,7,9). The van der Waals surface area contributed by atoms with Gasteiger partial charge in [-0.1, -0.05) is 100 Å². The van der Waals surface area contributed by atoms with Gasteiger partial charge in [0, 0.05) is 220 Å². The van der Waals surface area contributed by atoms with Crippen molar-refractivity contribution in [2.45, 2.75) is 83.1 Å². The molecule has 0 bridgehead atoms. The van der Waals surface area contributed by atoms with Crippen LogP contribution >= 0.6 is 63.7 Å². The number of carbonyl (C=O) groups is 4. The van der Waals surface area contributed by atoms with Gasteiger partial charge in [0.2, 0.25) is 11.7 Å². The normalized spacial score (nSPS) is 10.3. The number of ketones is 4. The van der Waals surface area contributed by atoms with Crippen molar-refractivity contribution in [3.63, 3.8) is 0 Å². The summed E-state index contributed by atoms with van der Waals surface area (Å²) >= 11 is 12.6. The number of nitrogen functional groups attached to an aromatic ring is 3. The molecule has 0 saturated carbocycles. The summed E-state index contributed by atoms with van der Waals surface area (Å²) in [5, 5.41) is 13.5. The van der Waals surface area contributed by atoms with Crippen molar-refractivity contribution in [2.24, 2.45) is 0 Å². The Balaban J connectivity index is 0.000000213. The number of nitrogens with zero attached hydrogens (tertiary/aromatic N) is 22. The SMILES string of the molecule is CN(C)c1ccc(C(=O)CBr)cc1.CN(C)c1ccc(C(=O)CBr)cc1.CN(C)c1ccc(C(=O)CBr)cc1.CN(C)c1ccc(C(=O)CBr)cc1.Cc1cc(N)nnc1C.Cc1cc2nc(-c3ccc(N(C)C)cc3)cn2nc1C.Cc1cn2cc(-c3ccc(N(C)C)cc3)nc2c(C)n1.Cc1cn2cc(-c3ccc(N(C)C)cc3)nc2nc1C.Cc1cnc(N)c(C)n1.Cc1cnc(N)nc1C. The van der Waals surface area contributed by atoms with Crippen LogP contribution in [0.2, 0.25) is 0 Å². The van der Waals surface area contributed by atoms with E-state index in [2.05, 4.69) is 244 Å². The van der Waals surface area contributed by atoms with E-state index in [1.807, 2.05) is 323 Å². The van der Waals surface area contributed by atoms with Crippen LogP contribution in [0, 0.1) is 83.1 Å². The van der Waals surface area contributed by atoms with Gasteiger partial charge in [0.15, 0.2) is 34.4 Å². The number of rotatable bonds is 18. The lowest BCUT2D eigenvalue weighted by molar-refractivity contribution is 0.101. The average molecular weight is 2140 g/mol. The lowest BCUT2D eigenvalue weighted by Crippen LogP contribution is -2.09. The molecule has 0 spiro atoms. The molecule has 33 heteroatoms. The van der Waals surface area contributed by atoms with Crippen molar-refractivity contribution < 1.29 is 19.2 Å². The topological polar surface area (TPSA) is 337 Å². The number of Topliss-reactive ketones (excluding diaryl/α,β-unsaturated/α-hetero) is 4. The van der Waals surface area contributed by atoms with Crippen molar-refractivity contribution in [1.29, 1.82) is 0 Å². The minimum absolute atomic E-state index is 0.116. The molecule has 0 radical (unpaired) electrons. The Bertz CT molecular complexity index is 6090. The number of halogens is 4. The Kier molecular flexibility index (Phi) is 43.9. The number of hydrogen-bond donors (Lipinski definition) is 3. The molecule has 0 saturated heterocycles. The van der Waals surface area contributed by atoms with E-state index in [-0.39, 0.29) is 23.1 Å². The molecule has 0 unspecified atom stereocenters. The quantitative estimate of drug-likeness (QED) is 0.0530. The first-order valence-electron chi connectivity index (χ1n) is 44.3. The van der Waals surface area contributed by atoms with Crippen LogP contribution < -0.4 is 51.5 Å². The van der Waals surface area contributed by atoms with E-state index in [9.17, 15) is 19.2 Å². The lowest BCUT2D eigenvalue weighted by Gasteiger charge is -2.12. The van der Waals surface area contributed by atoms with Crippen molar-refractivity contribution in [3.05, 3.63) is 315 Å². The van der Waals surface area contributed by atoms with Gasteiger partial charge in [0.05, 0.1) is 85.0 Å². The van der Waals surface area contributed by atoms with E-state index in [4.69, 9.17) is 17.2 Å². The van der Waals surface area contributed by atoms with Gasteiger partial charge in [-0.3, -0.25) is 33.5 Å². The zero-order chi connectivity index (χ0) is 103. The van der Waals surface area contributed by atoms with Gasteiger partial charge < -0.3 is 55.9 Å². The van der Waals surface area contributed by atoms with Crippen LogP contribution in [-0.4, -0.2) is 217 Å². The number of alkyl halides is 4. The van der Waals surface area contributed by atoms with Crippen molar-refractivity contribution >= 4 is 161 Å². The summed E-state index contributed by atoms with van der Waals surface area (Å²) in [6.45, 7) is 23.6. The minimum atomic E-state index is 0.116. The molecular formula is C106H129Br4N25O4. The third kappa shape index (κ3) is 34.7. The summed E-state index contributed by atoms with van der Waals surface area (Å²) in [6.07, 6.45) is 13.5. The molecule has 0 aliphatic rings. The predicted octanol–water partition coefficient (Wildman–Crippen LogP) is 20.6. The van der Waals surface area contributed by atoms with E-state index in [1.165, 1.54) is 22.6 Å². The lowest BCUT2D eigenvalue weighted by atomic mass is 10.1. The summed E-state index contributed by atoms with van der Waals surface area (Å²) in [6, 6.07) is 59.4. The summed E-state index contributed by atoms with van der Waals surface area (Å²) in [5.74, 6) is 2.56. The summed E-state index contributed by atoms with van der Waals surface area (Å²) < 4.78 is 5.88. The average Bonchev–Trinajstić information content (AvgIpc) is 1.68. The van der Waals surface area contributed by atoms with Gasteiger partial charge in [-0.25, -0.2) is 39.4 Å². The van der Waals surface area contributed by atoms with Gasteiger partial charge in [0.25, 0.3) is 0 Å². The summed E-state index contributed by atoms with van der Waals surface area (Å²) in [5.41, 5.74) is 47.2. The molecule has 16 aromatic rings. The van der Waals surface area contributed by atoms with Gasteiger partial charge >= 0.3 is 0 Å². The highest BCUT2D eigenvalue weighted by atomic mass is 79.9. The van der Waals surface area contributed by atoms with Crippen LogP contribution in [0.3, 0.4) is 0 Å². The first-order chi connectivity index (χ1) is 65.8. The van der Waals surface area contributed by atoms with Crippen LogP contribution in [0.4, 0.5) is 57.4 Å². The van der Waals surface area contributed by atoms with E-state index in [0.717, 1.165) is 158 Å². The van der Waals surface area contributed by atoms with Gasteiger partial charge in [0.1, 0.15) is 11.6 Å². The zero-order valence-corrected chi connectivity index (χ0v) is 90.7. The molecule has 0 aliphatic heterocycles. The highest BCUT2D eigenvalue weighted by molar-refractivity contribution is 9.10. The summed E-state index contributed by atoms with van der Waals surface area (Å²) in [4.78, 5) is 97.8. The highest BCUT2D eigenvalue weighted by Crippen LogP contribution is 2.28. The van der Waals surface area contributed by atoms with Crippen molar-refractivity contribution in [3.8, 4) is 33.8 Å². The molecule has 730 valence electrons. The Hall–Kier alpha value is -13.8. The third-order valence-electron chi connectivity index (χ3n) is 21.4. The molecule has 9 heterocycles. The number of carbonyl (C=O) groups excluding carboxylic acids is 4. The van der Waals surface area contributed by atoms with Gasteiger partial charge in [-0.05, 0) is 251 Å². The number of nitrogens with two attached hydrogens (primary N) is 3. The Labute approximate surface area is 851 Å². The fourth-order valence-corrected chi connectivity index (χ4v) is 13.8. The Morgan fingerprint density at radius 3 is 0.986 bits per heavy atom. The molecule has 9 aromatic heterocycles. The van der Waals surface area contributed by atoms with Crippen LogP contribution in [0.1, 0.15) is 109 Å². The summed E-state index contributed by atoms with van der Waals surface area (Å²) in [7, 11) is 28.0. The zero-order valence-electron chi connectivity index (χ0n) is 84.4. The largest absolute Gasteiger partial charge is 0.382 e. The molecule has 6 N–H and O–H groups in total. The maximum atomic E-state index is 11.2. The number of anilines is 10. The molecule has 0 atom stereocenters. The molecule has 29 nitrogen and oxygen atoms in total. The second kappa shape index (κ2) is 54.4. The van der Waals surface area contributed by atoms with Crippen molar-refractivity contribution in [1.82, 2.24) is 73.5 Å². The monoisotopic (exact) mass is 2130 g/mol. The molecule has 7 aromatic carbocycles. The maximum absolute atomic E-state index is 11.2. The predicted molar refractivity (Wildman–Crippen MR) is 590 cm³/mol. The van der Waals surface area contributed by atoms with Crippen LogP contribution in [0.5, 0.6) is 0 Å². The van der Waals surface area contributed by atoms with Crippen molar-refractivity contribution in [2.75, 3.05) is 171 Å². The number of imidazole rings is 3. The fraction of sp³-hybridized carbons (Fsp3) is 0.283. The number of hydrogen-bond acceptors (Lipinski definition) is 26. The van der Waals surface area contributed by atoms with E-state index < -0.39 is 0 Å². The number of fused-ring (bicyclic) bond motifs is 3. The maximum Gasteiger partial charge on any atom is 0.234 e. The molecular weight excluding hydrogens is 2010 g/mol. The van der Waals surface area contributed by atoms with Crippen LogP contribution in [0.25, 0.3) is 50.8 Å². The first-order valence-corrected chi connectivity index (χ1v) is 48.8. The van der Waals surface area contributed by atoms with E-state index in [0.29, 0.717) is 38.9 Å². The number of aromatic nitrogens is 15. The van der Waals surface area contributed by atoms with Crippen LogP contribution in [0.15, 0.2) is 225 Å².